The van der Waals surface area contributed by atoms with Crippen LogP contribution in [0, 0.1) is 0 Å². The number of carbonyl (C=O) groups is 1. The molecule has 2 aliphatic rings. The van der Waals surface area contributed by atoms with Crippen molar-refractivity contribution in [3.63, 3.8) is 0 Å². The molecule has 0 saturated carbocycles. The maximum Gasteiger partial charge on any atom is 0.266 e. The van der Waals surface area contributed by atoms with Gasteiger partial charge < -0.3 is 14.6 Å². The summed E-state index contributed by atoms with van der Waals surface area (Å²) in [5.74, 6) is 0.393. The number of amides is 1. The zero-order valence-electron chi connectivity index (χ0n) is 29.2. The molecule has 13 nitrogen and oxygen atoms in total. The van der Waals surface area contributed by atoms with Crippen LogP contribution in [0.25, 0.3) is 32.0 Å². The number of fused-ring (bicyclic) bond motifs is 3. The SMILES string of the molecule is [N-]=[N+]=NCc1ccccc1C[C@]1(C(=O)NNC2c3ccccc3-c3ccccc32)N=C(c2ccc(OCCCO)cc2)O[C@H]1c1ccccc1CN=[N+]=[N-]. The highest BCUT2D eigenvalue weighted by Crippen LogP contribution is 2.45. The van der Waals surface area contributed by atoms with Crippen LogP contribution in [0.3, 0.4) is 0 Å². The number of hydrazine groups is 1. The van der Waals surface area contributed by atoms with Crippen LogP contribution in [0.4, 0.5) is 0 Å². The van der Waals surface area contributed by atoms with E-state index in [-0.39, 0.29) is 38.1 Å². The van der Waals surface area contributed by atoms with E-state index in [1.807, 2.05) is 97.1 Å². The van der Waals surface area contributed by atoms with Gasteiger partial charge in [0.25, 0.3) is 5.91 Å². The van der Waals surface area contributed by atoms with Crippen molar-refractivity contribution in [1.82, 2.24) is 10.9 Å². The minimum atomic E-state index is -1.62. The maximum atomic E-state index is 15.2. The number of aliphatic hydroxyl groups excluding tert-OH is 1. The van der Waals surface area contributed by atoms with E-state index in [1.165, 1.54) is 0 Å². The molecule has 13 heteroatoms. The lowest BCUT2D eigenvalue weighted by molar-refractivity contribution is -0.130. The second-order valence-corrected chi connectivity index (χ2v) is 12.9. The number of nitrogens with zero attached hydrogens (tertiary/aromatic N) is 7. The van der Waals surface area contributed by atoms with Gasteiger partial charge in [-0.05, 0) is 79.8 Å². The predicted octanol–water partition coefficient (Wildman–Crippen LogP) is 7.96. The van der Waals surface area contributed by atoms with Crippen LogP contribution in [0.5, 0.6) is 5.75 Å². The molecular formula is C41H37N9O4. The summed E-state index contributed by atoms with van der Waals surface area (Å²) in [6.07, 6.45) is -0.406. The molecule has 5 aromatic carbocycles. The van der Waals surface area contributed by atoms with Gasteiger partial charge in [-0.1, -0.05) is 107 Å². The third kappa shape index (κ3) is 7.20. The fourth-order valence-electron chi connectivity index (χ4n) is 7.14. The number of rotatable bonds is 15. The van der Waals surface area contributed by atoms with Gasteiger partial charge in [0.1, 0.15) is 5.75 Å². The predicted molar refractivity (Wildman–Crippen MR) is 204 cm³/mol. The number of hydrogen-bond donors (Lipinski definition) is 3. The summed E-state index contributed by atoms with van der Waals surface area (Å²) in [4.78, 5) is 26.3. The number of carbonyl (C=O) groups excluding carboxylic acids is 1. The van der Waals surface area contributed by atoms with E-state index >= 15 is 4.79 Å². The normalized spacial score (nSPS) is 16.9. The van der Waals surface area contributed by atoms with Gasteiger partial charge in [0.2, 0.25) is 5.90 Å². The monoisotopic (exact) mass is 719 g/mol. The Labute approximate surface area is 311 Å². The van der Waals surface area contributed by atoms with E-state index < -0.39 is 17.6 Å². The second-order valence-electron chi connectivity index (χ2n) is 12.9. The molecule has 0 bridgehead atoms. The summed E-state index contributed by atoms with van der Waals surface area (Å²) >= 11 is 0. The number of azide groups is 2. The fraction of sp³-hybridized carbons (Fsp3) is 0.220. The first-order valence-electron chi connectivity index (χ1n) is 17.6. The highest BCUT2D eigenvalue weighted by molar-refractivity contribution is 6.01. The van der Waals surface area contributed by atoms with Gasteiger partial charge in [0.15, 0.2) is 11.6 Å². The quantitative estimate of drug-likeness (QED) is 0.0325. The lowest BCUT2D eigenvalue weighted by atomic mass is 9.80. The zero-order valence-corrected chi connectivity index (χ0v) is 29.2. The van der Waals surface area contributed by atoms with E-state index in [1.54, 1.807) is 12.1 Å². The summed E-state index contributed by atoms with van der Waals surface area (Å²) in [5, 5.41) is 16.8. The highest BCUT2D eigenvalue weighted by Gasteiger charge is 2.54. The van der Waals surface area contributed by atoms with Gasteiger partial charge in [0.05, 0.1) is 25.7 Å². The second kappa shape index (κ2) is 16.4. The molecule has 1 amide bonds. The largest absolute Gasteiger partial charge is 0.494 e. The maximum absolute atomic E-state index is 15.2. The number of aliphatic hydroxyl groups is 1. The van der Waals surface area contributed by atoms with Gasteiger partial charge >= 0.3 is 0 Å². The Kier molecular flexibility index (Phi) is 10.8. The van der Waals surface area contributed by atoms with E-state index in [2.05, 4.69) is 43.0 Å². The first kappa shape index (κ1) is 35.8. The minimum absolute atomic E-state index is 0.0238. The van der Waals surface area contributed by atoms with Crippen molar-refractivity contribution in [1.29, 1.82) is 0 Å². The Morgan fingerprint density at radius 1 is 0.778 bits per heavy atom. The third-order valence-corrected chi connectivity index (χ3v) is 9.72. The molecule has 7 rings (SSSR count). The van der Waals surface area contributed by atoms with Gasteiger partial charge in [-0.25, -0.2) is 10.4 Å². The standard InChI is InChI=1S/C41H37N9O4/c42-49-44-25-29-11-2-1-10-28(29)24-41(40(52)48-47-37-35-16-7-5-14-33(35)34-15-6-8-17-36(34)37)38(32-13-4-3-12-30(32)26-45-50-43)54-39(46-41)27-18-20-31(21-19-27)53-23-9-22-51/h1-8,10-21,37-38,47,51H,9,22-26H2,(H,48,52)/t38-,41-/m0/s1. The first-order chi connectivity index (χ1) is 26.6. The van der Waals surface area contributed by atoms with E-state index in [0.717, 1.165) is 33.4 Å². The van der Waals surface area contributed by atoms with Gasteiger partial charge in [0, 0.05) is 34.8 Å². The minimum Gasteiger partial charge on any atom is -0.494 e. The molecule has 0 spiro atoms. The molecule has 1 aliphatic heterocycles. The molecule has 1 aliphatic carbocycles. The van der Waals surface area contributed by atoms with Crippen molar-refractivity contribution >= 4 is 11.8 Å². The lowest BCUT2D eigenvalue weighted by Crippen LogP contribution is -2.54. The Balaban J connectivity index is 1.34. The fourth-order valence-corrected chi connectivity index (χ4v) is 7.14. The highest BCUT2D eigenvalue weighted by atomic mass is 16.5. The molecule has 0 aromatic heterocycles. The smallest absolute Gasteiger partial charge is 0.266 e. The first-order valence-corrected chi connectivity index (χ1v) is 17.6. The molecular weight excluding hydrogens is 683 g/mol. The molecule has 0 unspecified atom stereocenters. The van der Waals surface area contributed by atoms with Crippen molar-refractivity contribution in [2.75, 3.05) is 13.2 Å². The number of aliphatic imine (C=N–C) groups is 1. The van der Waals surface area contributed by atoms with Crippen molar-refractivity contribution in [3.8, 4) is 16.9 Å². The van der Waals surface area contributed by atoms with Crippen LogP contribution in [0.15, 0.2) is 137 Å². The molecule has 5 aromatic rings. The molecule has 0 fully saturated rings. The number of benzene rings is 5. The molecule has 54 heavy (non-hydrogen) atoms. The Hall–Kier alpha value is -6.62. The Morgan fingerprint density at radius 2 is 1.35 bits per heavy atom. The molecule has 270 valence electrons. The topological polar surface area (TPSA) is 190 Å². The van der Waals surface area contributed by atoms with Crippen molar-refractivity contribution in [3.05, 3.63) is 181 Å². The summed E-state index contributed by atoms with van der Waals surface area (Å²) in [6.45, 7) is 0.487. The number of ether oxygens (including phenoxy) is 2. The van der Waals surface area contributed by atoms with Crippen molar-refractivity contribution in [2.45, 2.75) is 43.6 Å². The molecule has 3 N–H and O–H groups in total. The molecule has 0 radical (unpaired) electrons. The number of hydrogen-bond acceptors (Lipinski definition) is 8. The van der Waals surface area contributed by atoms with Crippen LogP contribution in [0.2, 0.25) is 0 Å². The summed E-state index contributed by atoms with van der Waals surface area (Å²) in [5.41, 5.74) is 30.8. The van der Waals surface area contributed by atoms with Gasteiger partial charge in [-0.15, -0.1) is 0 Å². The number of nitrogens with one attached hydrogen (secondary N) is 2. The van der Waals surface area contributed by atoms with Gasteiger partial charge in [-0.2, -0.15) is 0 Å². The van der Waals surface area contributed by atoms with Crippen LogP contribution in [-0.4, -0.2) is 35.7 Å². The average Bonchev–Trinajstić information content (AvgIpc) is 3.76. The van der Waals surface area contributed by atoms with Crippen LogP contribution in [0.1, 0.15) is 57.5 Å². The molecule has 2 atom stereocenters. The molecule has 1 heterocycles. The third-order valence-electron chi connectivity index (χ3n) is 9.72. The summed E-state index contributed by atoms with van der Waals surface area (Å²) in [7, 11) is 0. The molecule has 0 saturated heterocycles. The van der Waals surface area contributed by atoms with Crippen LogP contribution in [-0.2, 0) is 29.0 Å². The van der Waals surface area contributed by atoms with Crippen LogP contribution >= 0.6 is 0 Å². The Morgan fingerprint density at radius 3 is 2.00 bits per heavy atom. The van der Waals surface area contributed by atoms with Crippen molar-refractivity contribution < 1.29 is 19.4 Å². The van der Waals surface area contributed by atoms with Crippen LogP contribution < -0.4 is 15.6 Å². The average molecular weight is 720 g/mol. The lowest BCUT2D eigenvalue weighted by Gasteiger charge is -2.33. The van der Waals surface area contributed by atoms with Crippen molar-refractivity contribution in [2.24, 2.45) is 15.2 Å². The summed E-state index contributed by atoms with van der Waals surface area (Å²) in [6, 6.07) is 37.9. The van der Waals surface area contributed by atoms with E-state index in [4.69, 9.17) is 14.5 Å². The summed E-state index contributed by atoms with van der Waals surface area (Å²) < 4.78 is 12.5. The van der Waals surface area contributed by atoms with E-state index in [0.29, 0.717) is 35.5 Å². The zero-order chi connectivity index (χ0) is 37.3. The van der Waals surface area contributed by atoms with Gasteiger partial charge in [-0.3, -0.25) is 10.2 Å². The Bertz CT molecular complexity index is 2240. The van der Waals surface area contributed by atoms with E-state index in [9.17, 15) is 16.2 Å².